The molecular formula is C25H21NO5S. The van der Waals surface area contributed by atoms with Crippen molar-refractivity contribution in [3.8, 4) is 11.5 Å². The molecule has 0 N–H and O–H groups in total. The van der Waals surface area contributed by atoms with Crippen LogP contribution in [0.15, 0.2) is 82.6 Å². The third-order valence-electron chi connectivity index (χ3n) is 4.85. The van der Waals surface area contributed by atoms with Gasteiger partial charge < -0.3 is 14.2 Å². The molecule has 0 saturated carbocycles. The van der Waals surface area contributed by atoms with E-state index in [0.717, 1.165) is 21.2 Å². The molecule has 3 aromatic carbocycles. The van der Waals surface area contributed by atoms with Crippen molar-refractivity contribution in [1.82, 2.24) is 0 Å². The van der Waals surface area contributed by atoms with Gasteiger partial charge in [0.25, 0.3) is 5.91 Å². The lowest BCUT2D eigenvalue weighted by Gasteiger charge is -2.30. The summed E-state index contributed by atoms with van der Waals surface area (Å²) < 4.78 is 15.9. The molecule has 0 spiro atoms. The Hall–Kier alpha value is -3.71. The number of ether oxygens (including phenoxy) is 3. The van der Waals surface area contributed by atoms with Crippen molar-refractivity contribution in [2.75, 3.05) is 25.7 Å². The summed E-state index contributed by atoms with van der Waals surface area (Å²) in [7, 11) is 3.07. The van der Waals surface area contributed by atoms with Crippen LogP contribution >= 0.6 is 11.8 Å². The molecule has 1 aliphatic rings. The summed E-state index contributed by atoms with van der Waals surface area (Å²) in [6, 6.07) is 20.7. The molecule has 0 aliphatic carbocycles. The Kier molecular flexibility index (Phi) is 6.47. The average molecular weight is 448 g/mol. The molecule has 3 aromatic rings. The summed E-state index contributed by atoms with van der Waals surface area (Å²) in [5.41, 5.74) is 2.20. The standard InChI is InChI=1S/C25H21NO5S/c1-29-20-11-7-8-17(25(20)30-2)14-15-24(28)31-16-23(27)26-18-9-3-5-12-21(18)32-22-13-6-4-10-19(22)26/h3-15H,16H2,1-2H3/b15-14+. The van der Waals surface area contributed by atoms with Gasteiger partial charge in [-0.25, -0.2) is 4.79 Å². The van der Waals surface area contributed by atoms with Crippen molar-refractivity contribution >= 4 is 41.1 Å². The van der Waals surface area contributed by atoms with Crippen LogP contribution in [-0.2, 0) is 14.3 Å². The van der Waals surface area contributed by atoms with Crippen LogP contribution in [-0.4, -0.2) is 32.7 Å². The number of esters is 1. The molecule has 4 rings (SSSR count). The maximum Gasteiger partial charge on any atom is 0.331 e. The molecular weight excluding hydrogens is 426 g/mol. The molecule has 0 atom stereocenters. The second kappa shape index (κ2) is 9.62. The summed E-state index contributed by atoms with van der Waals surface area (Å²) in [5.74, 6) is 0.106. The second-order valence-electron chi connectivity index (χ2n) is 6.79. The summed E-state index contributed by atoms with van der Waals surface area (Å²) in [4.78, 5) is 28.9. The first-order valence-electron chi connectivity index (χ1n) is 9.87. The molecule has 0 saturated heterocycles. The van der Waals surface area contributed by atoms with E-state index in [9.17, 15) is 9.59 Å². The largest absolute Gasteiger partial charge is 0.493 e. The number of fused-ring (bicyclic) bond motifs is 2. The molecule has 32 heavy (non-hydrogen) atoms. The van der Waals surface area contributed by atoms with E-state index < -0.39 is 5.97 Å². The fraction of sp³-hybridized carbons (Fsp3) is 0.120. The number of methoxy groups -OCH3 is 2. The summed E-state index contributed by atoms with van der Waals surface area (Å²) in [6.45, 7) is -0.383. The van der Waals surface area contributed by atoms with E-state index >= 15 is 0 Å². The van der Waals surface area contributed by atoms with Crippen LogP contribution in [0.1, 0.15) is 5.56 Å². The smallest absolute Gasteiger partial charge is 0.331 e. The van der Waals surface area contributed by atoms with Gasteiger partial charge >= 0.3 is 5.97 Å². The van der Waals surface area contributed by atoms with Gasteiger partial charge in [0.1, 0.15) is 0 Å². The van der Waals surface area contributed by atoms with Crippen LogP contribution < -0.4 is 14.4 Å². The van der Waals surface area contributed by atoms with E-state index in [4.69, 9.17) is 14.2 Å². The van der Waals surface area contributed by atoms with Gasteiger partial charge in [0.05, 0.1) is 25.6 Å². The van der Waals surface area contributed by atoms with Crippen LogP contribution in [0.2, 0.25) is 0 Å². The van der Waals surface area contributed by atoms with Crippen molar-refractivity contribution in [3.63, 3.8) is 0 Å². The van der Waals surface area contributed by atoms with Crippen molar-refractivity contribution < 1.29 is 23.8 Å². The molecule has 6 nitrogen and oxygen atoms in total. The molecule has 0 radical (unpaired) electrons. The Labute approximate surface area is 190 Å². The minimum Gasteiger partial charge on any atom is -0.493 e. The lowest BCUT2D eigenvalue weighted by molar-refractivity contribution is -0.142. The lowest BCUT2D eigenvalue weighted by Crippen LogP contribution is -2.32. The monoisotopic (exact) mass is 447 g/mol. The highest BCUT2D eigenvalue weighted by Gasteiger charge is 2.28. The predicted molar refractivity (Wildman–Crippen MR) is 124 cm³/mol. The SMILES string of the molecule is COc1cccc(/C=C/C(=O)OCC(=O)N2c3ccccc3Sc3ccccc32)c1OC. The summed E-state index contributed by atoms with van der Waals surface area (Å²) in [5, 5.41) is 0. The van der Waals surface area contributed by atoms with E-state index in [0.29, 0.717) is 17.1 Å². The van der Waals surface area contributed by atoms with Gasteiger partial charge in [0, 0.05) is 21.4 Å². The quantitative estimate of drug-likeness (QED) is 0.387. The lowest BCUT2D eigenvalue weighted by atomic mass is 10.1. The predicted octanol–water partition coefficient (Wildman–Crippen LogP) is 5.09. The summed E-state index contributed by atoms with van der Waals surface area (Å²) in [6.07, 6.45) is 2.83. The first-order valence-corrected chi connectivity index (χ1v) is 10.7. The fourth-order valence-electron chi connectivity index (χ4n) is 3.42. The zero-order valence-corrected chi connectivity index (χ0v) is 18.4. The number of amides is 1. The molecule has 1 aliphatic heterocycles. The molecule has 0 aromatic heterocycles. The first-order chi connectivity index (χ1) is 15.6. The van der Waals surface area contributed by atoms with Crippen LogP contribution in [0.4, 0.5) is 11.4 Å². The number of nitrogens with zero attached hydrogens (tertiary/aromatic N) is 1. The van der Waals surface area contributed by atoms with E-state index in [1.54, 1.807) is 48.0 Å². The number of para-hydroxylation sites is 3. The van der Waals surface area contributed by atoms with Gasteiger partial charge in [-0.05, 0) is 36.4 Å². The van der Waals surface area contributed by atoms with Gasteiger partial charge in [0.2, 0.25) is 0 Å². The number of hydrogen-bond acceptors (Lipinski definition) is 6. The number of benzene rings is 3. The van der Waals surface area contributed by atoms with Crippen molar-refractivity contribution in [1.29, 1.82) is 0 Å². The third kappa shape index (κ3) is 4.33. The van der Waals surface area contributed by atoms with Gasteiger partial charge in [-0.15, -0.1) is 0 Å². The number of anilines is 2. The molecule has 1 amide bonds. The van der Waals surface area contributed by atoms with Crippen molar-refractivity contribution in [3.05, 3.63) is 78.4 Å². The zero-order chi connectivity index (χ0) is 22.5. The Balaban J connectivity index is 1.48. The Morgan fingerprint density at radius 2 is 1.53 bits per heavy atom. The maximum atomic E-state index is 13.1. The summed E-state index contributed by atoms with van der Waals surface area (Å²) >= 11 is 1.61. The van der Waals surface area contributed by atoms with Crippen LogP contribution in [0.5, 0.6) is 11.5 Å². The van der Waals surface area contributed by atoms with Gasteiger partial charge in [-0.1, -0.05) is 48.2 Å². The number of hydrogen-bond donors (Lipinski definition) is 0. The molecule has 0 fully saturated rings. The van der Waals surface area contributed by atoms with Crippen LogP contribution in [0.25, 0.3) is 6.08 Å². The van der Waals surface area contributed by atoms with Crippen LogP contribution in [0.3, 0.4) is 0 Å². The average Bonchev–Trinajstić information content (AvgIpc) is 2.84. The van der Waals surface area contributed by atoms with Crippen molar-refractivity contribution in [2.45, 2.75) is 9.79 Å². The maximum absolute atomic E-state index is 13.1. The Bertz CT molecular complexity index is 1140. The van der Waals surface area contributed by atoms with Crippen molar-refractivity contribution in [2.24, 2.45) is 0 Å². The number of carbonyl (C=O) groups is 2. The molecule has 7 heteroatoms. The van der Waals surface area contributed by atoms with E-state index in [1.165, 1.54) is 13.2 Å². The first kappa shape index (κ1) is 21.5. The van der Waals surface area contributed by atoms with E-state index in [1.807, 2.05) is 48.5 Å². The zero-order valence-electron chi connectivity index (χ0n) is 17.6. The highest BCUT2D eigenvalue weighted by molar-refractivity contribution is 7.99. The molecule has 162 valence electrons. The topological polar surface area (TPSA) is 65.1 Å². The number of carbonyl (C=O) groups excluding carboxylic acids is 2. The van der Waals surface area contributed by atoms with Gasteiger partial charge in [-0.3, -0.25) is 9.69 Å². The number of rotatable bonds is 6. The molecule has 0 unspecified atom stereocenters. The molecule has 0 bridgehead atoms. The Morgan fingerprint density at radius 3 is 2.16 bits per heavy atom. The molecule has 1 heterocycles. The van der Waals surface area contributed by atoms with Crippen LogP contribution in [0, 0.1) is 0 Å². The highest BCUT2D eigenvalue weighted by Crippen LogP contribution is 2.47. The Morgan fingerprint density at radius 1 is 0.875 bits per heavy atom. The normalized spacial score (nSPS) is 12.1. The van der Waals surface area contributed by atoms with Gasteiger partial charge in [-0.2, -0.15) is 0 Å². The fourth-order valence-corrected chi connectivity index (χ4v) is 4.48. The van der Waals surface area contributed by atoms with E-state index in [-0.39, 0.29) is 12.5 Å². The third-order valence-corrected chi connectivity index (χ3v) is 5.98. The highest BCUT2D eigenvalue weighted by atomic mass is 32.2. The minimum atomic E-state index is -0.629. The second-order valence-corrected chi connectivity index (χ2v) is 7.87. The van der Waals surface area contributed by atoms with E-state index in [2.05, 4.69) is 0 Å². The van der Waals surface area contributed by atoms with Gasteiger partial charge in [0.15, 0.2) is 18.1 Å². The minimum absolute atomic E-state index is 0.328.